The van der Waals surface area contributed by atoms with Crippen LogP contribution in [0.3, 0.4) is 0 Å². The Morgan fingerprint density at radius 3 is 2.57 bits per heavy atom. The van der Waals surface area contributed by atoms with Crippen LogP contribution < -0.4 is 4.74 Å². The fourth-order valence-electron chi connectivity index (χ4n) is 2.70. The standard InChI is InChI=1S/C17H12F3N5O3/c18-17(19,20)27-12-3-1-10(2-4-12)16(26)25-8-11(9-25)15-23-14(24-28-15)13-7-21-5-6-22-13/h1-7,11H,8-9H2. The summed E-state index contributed by atoms with van der Waals surface area (Å²) in [5.41, 5.74) is 0.740. The number of halogens is 3. The molecular formula is C17H12F3N5O3. The van der Waals surface area contributed by atoms with Crippen molar-refractivity contribution in [1.82, 2.24) is 25.0 Å². The van der Waals surface area contributed by atoms with Crippen LogP contribution in [0.5, 0.6) is 5.75 Å². The first-order valence-electron chi connectivity index (χ1n) is 8.14. The number of hydrogen-bond donors (Lipinski definition) is 0. The van der Waals surface area contributed by atoms with Gasteiger partial charge in [-0.15, -0.1) is 13.2 Å². The van der Waals surface area contributed by atoms with E-state index in [1.807, 2.05) is 0 Å². The van der Waals surface area contributed by atoms with Crippen LogP contribution in [0.1, 0.15) is 22.2 Å². The van der Waals surface area contributed by atoms with E-state index in [1.165, 1.54) is 35.6 Å². The van der Waals surface area contributed by atoms with Crippen molar-refractivity contribution in [1.29, 1.82) is 0 Å². The minimum absolute atomic E-state index is 0.116. The highest BCUT2D eigenvalue weighted by Gasteiger charge is 2.36. The van der Waals surface area contributed by atoms with Crippen molar-refractivity contribution in [3.63, 3.8) is 0 Å². The molecule has 1 aliphatic heterocycles. The molecule has 2 aromatic heterocycles. The highest BCUT2D eigenvalue weighted by molar-refractivity contribution is 5.95. The van der Waals surface area contributed by atoms with E-state index in [1.54, 1.807) is 0 Å². The Labute approximate surface area is 156 Å². The fourth-order valence-corrected chi connectivity index (χ4v) is 2.70. The number of carbonyl (C=O) groups excluding carboxylic acids is 1. The smallest absolute Gasteiger partial charge is 0.406 e. The van der Waals surface area contributed by atoms with Gasteiger partial charge in [-0.2, -0.15) is 4.98 Å². The monoisotopic (exact) mass is 391 g/mol. The summed E-state index contributed by atoms with van der Waals surface area (Å²) in [6, 6.07) is 4.78. The summed E-state index contributed by atoms with van der Waals surface area (Å²) in [4.78, 5) is 26.2. The van der Waals surface area contributed by atoms with Gasteiger partial charge in [0.1, 0.15) is 11.4 Å². The van der Waals surface area contributed by atoms with E-state index in [0.29, 0.717) is 30.5 Å². The van der Waals surface area contributed by atoms with Gasteiger partial charge in [0.15, 0.2) is 0 Å². The summed E-state index contributed by atoms with van der Waals surface area (Å²) in [5.74, 6) is -0.0992. The molecule has 0 aliphatic carbocycles. The number of ether oxygens (including phenoxy) is 1. The molecule has 3 aromatic rings. The SMILES string of the molecule is O=C(c1ccc(OC(F)(F)F)cc1)N1CC(c2nc(-c3cnccn3)no2)C1. The third-order valence-electron chi connectivity index (χ3n) is 4.09. The van der Waals surface area contributed by atoms with Gasteiger partial charge in [-0.1, -0.05) is 5.16 Å². The minimum Gasteiger partial charge on any atom is -0.406 e. The average Bonchev–Trinajstić information content (AvgIpc) is 3.10. The van der Waals surface area contributed by atoms with Crippen LogP contribution in [0.4, 0.5) is 13.2 Å². The number of alkyl halides is 3. The Hall–Kier alpha value is -3.50. The predicted molar refractivity (Wildman–Crippen MR) is 87.1 cm³/mol. The molecule has 4 rings (SSSR count). The maximum absolute atomic E-state index is 12.4. The fraction of sp³-hybridized carbons (Fsp3) is 0.235. The lowest BCUT2D eigenvalue weighted by atomic mass is 9.98. The third kappa shape index (κ3) is 3.77. The van der Waals surface area contributed by atoms with Gasteiger partial charge >= 0.3 is 6.36 Å². The molecular weight excluding hydrogens is 379 g/mol. The minimum atomic E-state index is -4.77. The molecule has 1 aliphatic rings. The summed E-state index contributed by atoms with van der Waals surface area (Å²) < 4.78 is 45.6. The molecule has 1 aromatic carbocycles. The zero-order valence-corrected chi connectivity index (χ0v) is 14.1. The van der Waals surface area contributed by atoms with Crippen LogP contribution >= 0.6 is 0 Å². The van der Waals surface area contributed by atoms with E-state index in [0.717, 1.165) is 12.1 Å². The number of amides is 1. The first-order valence-corrected chi connectivity index (χ1v) is 8.14. The summed E-state index contributed by atoms with van der Waals surface area (Å²) in [6.07, 6.45) is -0.219. The van der Waals surface area contributed by atoms with Crippen molar-refractivity contribution < 1.29 is 27.2 Å². The quantitative estimate of drug-likeness (QED) is 0.675. The average molecular weight is 391 g/mol. The Bertz CT molecular complexity index is 970. The van der Waals surface area contributed by atoms with Crippen LogP contribution in [-0.2, 0) is 0 Å². The van der Waals surface area contributed by atoms with Gasteiger partial charge < -0.3 is 14.2 Å². The van der Waals surface area contributed by atoms with Crippen LogP contribution in [0.2, 0.25) is 0 Å². The molecule has 11 heteroatoms. The molecule has 0 bridgehead atoms. The normalized spacial score (nSPS) is 14.6. The maximum Gasteiger partial charge on any atom is 0.573 e. The van der Waals surface area contributed by atoms with Gasteiger partial charge in [-0.05, 0) is 24.3 Å². The van der Waals surface area contributed by atoms with Gasteiger partial charge in [0.05, 0.1) is 12.1 Å². The second-order valence-electron chi connectivity index (χ2n) is 6.03. The zero-order valence-electron chi connectivity index (χ0n) is 14.1. The van der Waals surface area contributed by atoms with Crippen LogP contribution in [0.15, 0.2) is 47.4 Å². The number of hydrogen-bond acceptors (Lipinski definition) is 7. The molecule has 1 saturated heterocycles. The van der Waals surface area contributed by atoms with Gasteiger partial charge in [0, 0.05) is 31.0 Å². The first kappa shape index (κ1) is 17.9. The van der Waals surface area contributed by atoms with Crippen molar-refractivity contribution >= 4 is 5.91 Å². The molecule has 8 nitrogen and oxygen atoms in total. The van der Waals surface area contributed by atoms with E-state index in [2.05, 4.69) is 24.8 Å². The highest BCUT2D eigenvalue weighted by Crippen LogP contribution is 2.29. The van der Waals surface area contributed by atoms with Crippen LogP contribution in [0, 0.1) is 0 Å². The van der Waals surface area contributed by atoms with Crippen molar-refractivity contribution in [3.05, 3.63) is 54.3 Å². The van der Waals surface area contributed by atoms with Crippen molar-refractivity contribution in [3.8, 4) is 17.3 Å². The molecule has 0 atom stereocenters. The number of rotatable bonds is 4. The van der Waals surface area contributed by atoms with E-state index >= 15 is 0 Å². The number of likely N-dealkylation sites (tertiary alicyclic amines) is 1. The largest absolute Gasteiger partial charge is 0.573 e. The lowest BCUT2D eigenvalue weighted by molar-refractivity contribution is -0.274. The molecule has 3 heterocycles. The lowest BCUT2D eigenvalue weighted by Crippen LogP contribution is -2.48. The van der Waals surface area contributed by atoms with E-state index in [9.17, 15) is 18.0 Å². The topological polar surface area (TPSA) is 94.2 Å². The summed E-state index contributed by atoms with van der Waals surface area (Å²) in [7, 11) is 0. The number of benzene rings is 1. The Balaban J connectivity index is 1.36. The zero-order chi connectivity index (χ0) is 19.7. The van der Waals surface area contributed by atoms with Gasteiger partial charge in [0.25, 0.3) is 5.91 Å². The van der Waals surface area contributed by atoms with Crippen molar-refractivity contribution in [2.45, 2.75) is 12.3 Å². The molecule has 0 spiro atoms. The first-order chi connectivity index (χ1) is 13.4. The Kier molecular flexibility index (Phi) is 4.41. The molecule has 0 saturated carbocycles. The molecule has 1 fully saturated rings. The second kappa shape index (κ2) is 6.91. The maximum atomic E-state index is 12.4. The summed E-state index contributed by atoms with van der Waals surface area (Å²) in [5, 5.41) is 3.86. The van der Waals surface area contributed by atoms with Gasteiger partial charge in [0.2, 0.25) is 11.7 Å². The molecule has 28 heavy (non-hydrogen) atoms. The Morgan fingerprint density at radius 2 is 1.93 bits per heavy atom. The number of carbonyl (C=O) groups is 1. The van der Waals surface area contributed by atoms with E-state index < -0.39 is 6.36 Å². The number of aromatic nitrogens is 4. The lowest BCUT2D eigenvalue weighted by Gasteiger charge is -2.37. The predicted octanol–water partition coefficient (Wildman–Crippen LogP) is 2.66. The van der Waals surface area contributed by atoms with Crippen molar-refractivity contribution in [2.24, 2.45) is 0 Å². The highest BCUT2D eigenvalue weighted by atomic mass is 19.4. The molecule has 144 valence electrons. The molecule has 0 unspecified atom stereocenters. The molecule has 0 radical (unpaired) electrons. The van der Waals surface area contributed by atoms with Crippen LogP contribution in [0.25, 0.3) is 11.5 Å². The van der Waals surface area contributed by atoms with E-state index in [4.69, 9.17) is 4.52 Å². The van der Waals surface area contributed by atoms with E-state index in [-0.39, 0.29) is 23.1 Å². The molecule has 1 amide bonds. The number of nitrogens with zero attached hydrogens (tertiary/aromatic N) is 5. The second-order valence-corrected chi connectivity index (χ2v) is 6.03. The summed E-state index contributed by atoms with van der Waals surface area (Å²) >= 11 is 0. The molecule has 0 N–H and O–H groups in total. The Morgan fingerprint density at radius 1 is 1.18 bits per heavy atom. The van der Waals surface area contributed by atoms with Gasteiger partial charge in [-0.3, -0.25) is 9.78 Å². The summed E-state index contributed by atoms with van der Waals surface area (Å²) in [6.45, 7) is 0.726. The third-order valence-corrected chi connectivity index (χ3v) is 4.09. The van der Waals surface area contributed by atoms with Gasteiger partial charge in [-0.25, -0.2) is 4.98 Å². The van der Waals surface area contributed by atoms with Crippen molar-refractivity contribution in [2.75, 3.05) is 13.1 Å². The van der Waals surface area contributed by atoms with Crippen LogP contribution in [-0.4, -0.2) is 50.4 Å².